The second kappa shape index (κ2) is 20.3. The van der Waals surface area contributed by atoms with E-state index in [0.717, 1.165) is 18.7 Å². The minimum atomic E-state index is -4.02. The Balaban J connectivity index is 0.000000642. The van der Waals surface area contributed by atoms with Gasteiger partial charge in [0.2, 0.25) is 0 Å². The molecule has 2 N–H and O–H groups in total. The zero-order valence-corrected chi connectivity index (χ0v) is 21.7. The monoisotopic (exact) mass is 549 g/mol. The second-order valence-corrected chi connectivity index (χ2v) is 9.59. The maximum atomic E-state index is 10.5. The highest BCUT2D eigenvalue weighted by Crippen LogP contribution is 2.11. The molecule has 0 aliphatic heterocycles. The van der Waals surface area contributed by atoms with Crippen molar-refractivity contribution in [3.8, 4) is 9.85 Å². The molecule has 0 amide bonds. The van der Waals surface area contributed by atoms with E-state index in [2.05, 4.69) is 44.7 Å². The predicted molar refractivity (Wildman–Crippen MR) is 137 cm³/mol. The Hall–Kier alpha value is -0.620. The van der Waals surface area contributed by atoms with Crippen molar-refractivity contribution in [2.24, 2.45) is 0 Å². The molecule has 0 atom stereocenters. The lowest BCUT2D eigenvalue weighted by Crippen LogP contribution is -2.14. The van der Waals surface area contributed by atoms with Crippen molar-refractivity contribution in [3.05, 3.63) is 29.8 Å². The Kier molecular flexibility index (Phi) is 19.9. The van der Waals surface area contributed by atoms with Gasteiger partial charge in [-0.15, -0.1) is 0 Å². The topological polar surface area (TPSA) is 66.4 Å². The van der Waals surface area contributed by atoms with Gasteiger partial charge in [0, 0.05) is 22.6 Å². The van der Waals surface area contributed by atoms with E-state index >= 15 is 0 Å². The molecule has 4 nitrogen and oxygen atoms in total. The third-order valence-electron chi connectivity index (χ3n) is 4.81. The SMILES string of the molecule is CCCCCCCCCCCCCCNCC#CI.Cc1ccc(S(=O)(=O)O)cc1. The van der Waals surface area contributed by atoms with Crippen LogP contribution in [0.1, 0.15) is 89.5 Å². The van der Waals surface area contributed by atoms with Crippen LogP contribution in [0.3, 0.4) is 0 Å². The van der Waals surface area contributed by atoms with Crippen LogP contribution in [0.4, 0.5) is 0 Å². The third kappa shape index (κ3) is 19.3. The summed E-state index contributed by atoms with van der Waals surface area (Å²) < 4.78 is 32.4. The van der Waals surface area contributed by atoms with Gasteiger partial charge in [-0.2, -0.15) is 8.42 Å². The molecule has 0 saturated heterocycles. The quantitative estimate of drug-likeness (QED) is 0.108. The van der Waals surface area contributed by atoms with Crippen molar-refractivity contribution in [2.45, 2.75) is 95.8 Å². The number of benzene rings is 1. The Morgan fingerprint density at radius 3 is 1.77 bits per heavy atom. The molecule has 1 aromatic carbocycles. The first-order chi connectivity index (χ1) is 14.4. The fourth-order valence-electron chi connectivity index (χ4n) is 2.99. The minimum Gasteiger partial charge on any atom is -0.306 e. The molecule has 30 heavy (non-hydrogen) atoms. The van der Waals surface area contributed by atoms with Crippen molar-refractivity contribution < 1.29 is 13.0 Å². The molecule has 0 spiro atoms. The van der Waals surface area contributed by atoms with Gasteiger partial charge in [0.05, 0.1) is 11.4 Å². The lowest BCUT2D eigenvalue weighted by molar-refractivity contribution is 0.483. The number of halogens is 1. The molecule has 0 aliphatic carbocycles. The van der Waals surface area contributed by atoms with Crippen LogP contribution in [0.2, 0.25) is 0 Å². The van der Waals surface area contributed by atoms with Gasteiger partial charge in [-0.1, -0.05) is 101 Å². The van der Waals surface area contributed by atoms with E-state index in [1.165, 1.54) is 89.2 Å². The van der Waals surface area contributed by atoms with Gasteiger partial charge in [0.1, 0.15) is 0 Å². The molecule has 0 heterocycles. The van der Waals surface area contributed by atoms with E-state index in [1.54, 1.807) is 12.1 Å². The van der Waals surface area contributed by atoms with Gasteiger partial charge in [-0.25, -0.2) is 0 Å². The van der Waals surface area contributed by atoms with Crippen LogP contribution >= 0.6 is 22.6 Å². The lowest BCUT2D eigenvalue weighted by atomic mass is 10.1. The van der Waals surface area contributed by atoms with Crippen LogP contribution in [0, 0.1) is 16.8 Å². The Morgan fingerprint density at radius 1 is 0.867 bits per heavy atom. The number of unbranched alkanes of at least 4 members (excludes halogenated alkanes) is 11. The van der Waals surface area contributed by atoms with Crippen molar-refractivity contribution in [2.75, 3.05) is 13.1 Å². The molecule has 0 bridgehead atoms. The van der Waals surface area contributed by atoms with Crippen LogP contribution in [0.25, 0.3) is 0 Å². The second-order valence-electron chi connectivity index (χ2n) is 7.63. The number of aryl methyl sites for hydroxylation is 1. The van der Waals surface area contributed by atoms with E-state index in [0.29, 0.717) is 0 Å². The summed E-state index contributed by atoms with van der Waals surface area (Å²) in [6.45, 7) is 6.10. The van der Waals surface area contributed by atoms with E-state index in [-0.39, 0.29) is 4.90 Å². The van der Waals surface area contributed by atoms with Crippen LogP contribution in [-0.2, 0) is 10.1 Å². The summed E-state index contributed by atoms with van der Waals surface area (Å²) in [5.41, 5.74) is 0.956. The Labute approximate surface area is 198 Å². The summed E-state index contributed by atoms with van der Waals surface area (Å²) in [6, 6.07) is 5.99. The smallest absolute Gasteiger partial charge is 0.294 e. The summed E-state index contributed by atoms with van der Waals surface area (Å²) >= 11 is 2.09. The third-order valence-corrected chi connectivity index (χ3v) is 6.06. The predicted octanol–water partition coefficient (Wildman–Crippen LogP) is 6.91. The summed E-state index contributed by atoms with van der Waals surface area (Å²) in [4.78, 5) is -0.0666. The van der Waals surface area contributed by atoms with Crippen LogP contribution in [-0.4, -0.2) is 26.1 Å². The molecule has 0 unspecified atom stereocenters. The molecule has 1 rings (SSSR count). The van der Waals surface area contributed by atoms with Crippen molar-refractivity contribution >= 4 is 32.7 Å². The highest BCUT2D eigenvalue weighted by Gasteiger charge is 2.06. The van der Waals surface area contributed by atoms with E-state index < -0.39 is 10.1 Å². The zero-order valence-electron chi connectivity index (χ0n) is 18.8. The maximum Gasteiger partial charge on any atom is 0.294 e. The van der Waals surface area contributed by atoms with Crippen LogP contribution in [0.15, 0.2) is 29.2 Å². The molecule has 172 valence electrons. The first-order valence-electron chi connectivity index (χ1n) is 11.2. The van der Waals surface area contributed by atoms with Gasteiger partial charge >= 0.3 is 0 Å². The first kappa shape index (κ1) is 29.4. The molecule has 6 heteroatoms. The maximum absolute atomic E-state index is 10.5. The molecule has 1 aromatic rings. The highest BCUT2D eigenvalue weighted by molar-refractivity contribution is 14.1. The van der Waals surface area contributed by atoms with Crippen molar-refractivity contribution in [3.63, 3.8) is 0 Å². The number of rotatable bonds is 15. The van der Waals surface area contributed by atoms with Gasteiger partial charge < -0.3 is 5.32 Å². The average molecular weight is 550 g/mol. The standard InChI is InChI=1S/C17H32IN.C7H8O3S/c1-2-3-4-5-6-7-8-9-10-11-12-13-16-19-17-14-15-18;1-6-2-4-7(5-3-6)11(8,9)10/h19H,2-13,16-17H2,1H3;2-5H,1H3,(H,8,9,10). The fraction of sp³-hybridized carbons (Fsp3) is 0.667. The summed E-state index contributed by atoms with van der Waals surface area (Å²) in [5, 5.41) is 3.34. The van der Waals surface area contributed by atoms with Crippen molar-refractivity contribution in [1.29, 1.82) is 0 Å². The van der Waals surface area contributed by atoms with Crippen LogP contribution in [0.5, 0.6) is 0 Å². The van der Waals surface area contributed by atoms with E-state index in [9.17, 15) is 8.42 Å². The number of nitrogens with one attached hydrogen (secondary N) is 1. The highest BCUT2D eigenvalue weighted by atomic mass is 127. The van der Waals surface area contributed by atoms with Crippen LogP contribution < -0.4 is 5.32 Å². The van der Waals surface area contributed by atoms with Gasteiger partial charge in [0.15, 0.2) is 0 Å². The molecule has 0 radical (unpaired) electrons. The number of hydrogen-bond acceptors (Lipinski definition) is 3. The number of hydrogen-bond donors (Lipinski definition) is 2. The van der Waals surface area contributed by atoms with E-state index in [1.807, 2.05) is 6.92 Å². The summed E-state index contributed by atoms with van der Waals surface area (Å²) in [6.07, 6.45) is 17.0. The average Bonchev–Trinajstić information content (AvgIpc) is 2.71. The van der Waals surface area contributed by atoms with Crippen molar-refractivity contribution in [1.82, 2.24) is 5.32 Å². The molecule has 0 aliphatic rings. The molecule has 0 fully saturated rings. The first-order valence-corrected chi connectivity index (χ1v) is 13.8. The molecular weight excluding hydrogens is 509 g/mol. The van der Waals surface area contributed by atoms with Gasteiger partial charge in [-0.05, 0) is 35.9 Å². The molecule has 0 saturated carbocycles. The molecule has 0 aromatic heterocycles. The summed E-state index contributed by atoms with van der Waals surface area (Å²) in [7, 11) is -4.02. The van der Waals surface area contributed by atoms with E-state index in [4.69, 9.17) is 4.55 Å². The van der Waals surface area contributed by atoms with Gasteiger partial charge in [-0.3, -0.25) is 4.55 Å². The minimum absolute atomic E-state index is 0.0666. The summed E-state index contributed by atoms with van der Waals surface area (Å²) in [5.74, 6) is 3.02. The molecular formula is C24H40INO3S. The fourth-order valence-corrected chi connectivity index (χ4v) is 3.66. The normalized spacial score (nSPS) is 10.7. The van der Waals surface area contributed by atoms with Gasteiger partial charge in [0.25, 0.3) is 10.1 Å². The zero-order chi connectivity index (χ0) is 22.5. The Bertz CT molecular complexity index is 679. The Morgan fingerprint density at radius 2 is 1.33 bits per heavy atom. The largest absolute Gasteiger partial charge is 0.306 e. The lowest BCUT2D eigenvalue weighted by Gasteiger charge is -2.03.